The van der Waals surface area contributed by atoms with Crippen LogP contribution in [0.3, 0.4) is 0 Å². The van der Waals surface area contributed by atoms with Crippen LogP contribution in [-0.4, -0.2) is 54.1 Å². The van der Waals surface area contributed by atoms with Gasteiger partial charge in [-0.3, -0.25) is 4.79 Å². The van der Waals surface area contributed by atoms with Crippen LogP contribution >= 0.6 is 11.6 Å². The van der Waals surface area contributed by atoms with Crippen molar-refractivity contribution in [2.45, 2.75) is 25.8 Å². The summed E-state index contributed by atoms with van der Waals surface area (Å²) in [6, 6.07) is 8.30. The minimum atomic E-state index is -0.323. The molecule has 1 aromatic carbocycles. The van der Waals surface area contributed by atoms with Crippen LogP contribution in [0.1, 0.15) is 42.0 Å². The van der Waals surface area contributed by atoms with Crippen molar-refractivity contribution < 1.29 is 14.1 Å². The van der Waals surface area contributed by atoms with E-state index >= 15 is 0 Å². The van der Waals surface area contributed by atoms with Crippen molar-refractivity contribution in [3.8, 4) is 23.0 Å². The molecule has 3 aromatic heterocycles. The van der Waals surface area contributed by atoms with Crippen molar-refractivity contribution in [3.63, 3.8) is 0 Å². The van der Waals surface area contributed by atoms with Gasteiger partial charge in [0.15, 0.2) is 5.82 Å². The molecule has 10 nitrogen and oxygen atoms in total. The van der Waals surface area contributed by atoms with Gasteiger partial charge in [-0.1, -0.05) is 16.8 Å². The molecule has 4 aromatic rings. The average Bonchev–Trinajstić information content (AvgIpc) is 3.61. The lowest BCUT2D eigenvalue weighted by molar-refractivity contribution is 0.0728. The predicted molar refractivity (Wildman–Crippen MR) is 118 cm³/mol. The number of carbonyl (C=O) groups excluding carboxylic acids is 1. The number of likely N-dealkylation sites (tertiary alicyclic amines) is 1. The molecular weight excluding hydrogens is 446 g/mol. The van der Waals surface area contributed by atoms with Gasteiger partial charge in [-0.05, 0) is 50.1 Å². The normalized spacial score (nSPS) is 15.7. The van der Waals surface area contributed by atoms with Gasteiger partial charge in [0.05, 0.1) is 36.3 Å². The van der Waals surface area contributed by atoms with Crippen LogP contribution in [0.25, 0.3) is 17.1 Å². The Labute approximate surface area is 194 Å². The molecule has 0 saturated carbocycles. The number of rotatable bonds is 6. The highest BCUT2D eigenvalue weighted by molar-refractivity contribution is 6.31. The van der Waals surface area contributed by atoms with E-state index in [9.17, 15) is 4.79 Å². The third kappa shape index (κ3) is 4.05. The molecule has 33 heavy (non-hydrogen) atoms. The Hall–Kier alpha value is -3.79. The van der Waals surface area contributed by atoms with E-state index in [0.717, 1.165) is 12.8 Å². The first-order valence-corrected chi connectivity index (χ1v) is 10.9. The summed E-state index contributed by atoms with van der Waals surface area (Å²) < 4.78 is 11.1. The SMILES string of the molecule is CCOc1ncccc1-c1nc(C2CCCN2C(=O)c2ccc(Cl)cc2-n2nccn2)no1. The maximum absolute atomic E-state index is 13.6. The highest BCUT2D eigenvalue weighted by Gasteiger charge is 2.35. The Morgan fingerprint density at radius 2 is 2.09 bits per heavy atom. The molecule has 1 atom stereocenters. The Bertz CT molecular complexity index is 1270. The first-order valence-electron chi connectivity index (χ1n) is 10.5. The van der Waals surface area contributed by atoms with Gasteiger partial charge >= 0.3 is 0 Å². The number of halogens is 1. The lowest BCUT2D eigenvalue weighted by Crippen LogP contribution is -2.32. The lowest BCUT2D eigenvalue weighted by Gasteiger charge is -2.23. The minimum absolute atomic E-state index is 0.177. The number of ether oxygens (including phenoxy) is 1. The highest BCUT2D eigenvalue weighted by atomic mass is 35.5. The molecular formula is C22H20ClN7O3. The number of carbonyl (C=O) groups is 1. The van der Waals surface area contributed by atoms with E-state index in [1.54, 1.807) is 47.8 Å². The first kappa shape index (κ1) is 21.1. The van der Waals surface area contributed by atoms with Gasteiger partial charge in [0, 0.05) is 17.8 Å². The average molecular weight is 466 g/mol. The molecule has 1 aliphatic rings. The van der Waals surface area contributed by atoms with Gasteiger partial charge in [-0.25, -0.2) is 4.98 Å². The standard InChI is InChI=1S/C22H20ClN7O3/c1-2-32-20-16(5-3-9-24-20)21-27-19(28-33-21)17-6-4-12-29(17)22(31)15-8-7-14(23)13-18(15)30-25-10-11-26-30/h3,5,7-11,13,17H,2,4,6,12H2,1H3. The molecule has 1 unspecified atom stereocenters. The molecule has 5 rings (SSSR count). The summed E-state index contributed by atoms with van der Waals surface area (Å²) in [5.41, 5.74) is 1.56. The van der Waals surface area contributed by atoms with Crippen LogP contribution in [0.2, 0.25) is 5.02 Å². The number of amides is 1. The predicted octanol–water partition coefficient (Wildman–Crippen LogP) is 3.74. The zero-order chi connectivity index (χ0) is 22.8. The monoisotopic (exact) mass is 465 g/mol. The lowest BCUT2D eigenvalue weighted by atomic mass is 10.1. The maximum Gasteiger partial charge on any atom is 0.263 e. The van der Waals surface area contributed by atoms with Gasteiger partial charge < -0.3 is 14.2 Å². The molecule has 0 aliphatic carbocycles. The third-order valence-corrected chi connectivity index (χ3v) is 5.60. The molecule has 0 bridgehead atoms. The highest BCUT2D eigenvalue weighted by Crippen LogP contribution is 2.35. The Kier molecular flexibility index (Phi) is 5.74. The van der Waals surface area contributed by atoms with Crippen molar-refractivity contribution >= 4 is 17.5 Å². The molecule has 4 heterocycles. The quantitative estimate of drug-likeness (QED) is 0.423. The molecule has 0 N–H and O–H groups in total. The summed E-state index contributed by atoms with van der Waals surface area (Å²) >= 11 is 6.18. The first-order chi connectivity index (χ1) is 16.2. The van der Waals surface area contributed by atoms with Crippen molar-refractivity contribution in [2.75, 3.05) is 13.2 Å². The fourth-order valence-corrected chi connectivity index (χ4v) is 4.08. The summed E-state index contributed by atoms with van der Waals surface area (Å²) in [6.07, 6.45) is 6.27. The fraction of sp³-hybridized carbons (Fsp3) is 0.273. The third-order valence-electron chi connectivity index (χ3n) is 5.36. The van der Waals surface area contributed by atoms with Crippen LogP contribution in [0, 0.1) is 0 Å². The van der Waals surface area contributed by atoms with Crippen LogP contribution in [-0.2, 0) is 0 Å². The number of aromatic nitrogens is 6. The molecule has 11 heteroatoms. The number of hydrogen-bond donors (Lipinski definition) is 0. The van der Waals surface area contributed by atoms with Crippen LogP contribution < -0.4 is 4.74 Å². The molecule has 1 aliphatic heterocycles. The van der Waals surface area contributed by atoms with Crippen molar-refractivity contribution in [1.82, 2.24) is 35.0 Å². The minimum Gasteiger partial charge on any atom is -0.477 e. The second kappa shape index (κ2) is 8.99. The van der Waals surface area contributed by atoms with Gasteiger partial charge in [0.25, 0.3) is 11.8 Å². The molecule has 1 fully saturated rings. The summed E-state index contributed by atoms with van der Waals surface area (Å²) in [6.45, 7) is 2.91. The molecule has 0 spiro atoms. The smallest absolute Gasteiger partial charge is 0.263 e. The van der Waals surface area contributed by atoms with E-state index in [0.29, 0.717) is 52.6 Å². The fourth-order valence-electron chi connectivity index (χ4n) is 3.91. The van der Waals surface area contributed by atoms with E-state index in [1.807, 2.05) is 13.0 Å². The maximum atomic E-state index is 13.6. The van der Waals surface area contributed by atoms with Crippen LogP contribution in [0.5, 0.6) is 5.88 Å². The van der Waals surface area contributed by atoms with E-state index in [4.69, 9.17) is 20.9 Å². The Morgan fingerprint density at radius 3 is 2.91 bits per heavy atom. The van der Waals surface area contributed by atoms with Crippen molar-refractivity contribution in [1.29, 1.82) is 0 Å². The molecule has 1 saturated heterocycles. The second-order valence-electron chi connectivity index (χ2n) is 7.38. The summed E-state index contributed by atoms with van der Waals surface area (Å²) in [4.78, 5) is 25.5. The van der Waals surface area contributed by atoms with Crippen LogP contribution in [0.15, 0.2) is 53.4 Å². The van der Waals surface area contributed by atoms with Crippen LogP contribution in [0.4, 0.5) is 0 Å². The zero-order valence-electron chi connectivity index (χ0n) is 17.8. The van der Waals surface area contributed by atoms with E-state index < -0.39 is 0 Å². The topological polar surface area (TPSA) is 112 Å². The van der Waals surface area contributed by atoms with Gasteiger partial charge in [-0.2, -0.15) is 20.0 Å². The molecule has 168 valence electrons. The summed E-state index contributed by atoms with van der Waals surface area (Å²) in [7, 11) is 0. The van der Waals surface area contributed by atoms with Crippen molar-refractivity contribution in [2.24, 2.45) is 0 Å². The second-order valence-corrected chi connectivity index (χ2v) is 7.82. The molecule has 1 amide bonds. The number of nitrogens with zero attached hydrogens (tertiary/aromatic N) is 7. The Morgan fingerprint density at radius 1 is 1.24 bits per heavy atom. The summed E-state index contributed by atoms with van der Waals surface area (Å²) in [5, 5.41) is 13.0. The molecule has 0 radical (unpaired) electrons. The van der Waals surface area contributed by atoms with E-state index in [2.05, 4.69) is 25.3 Å². The van der Waals surface area contributed by atoms with Crippen molar-refractivity contribution in [3.05, 3.63) is 65.3 Å². The van der Waals surface area contributed by atoms with E-state index in [1.165, 1.54) is 4.80 Å². The van der Waals surface area contributed by atoms with E-state index in [-0.39, 0.29) is 11.9 Å². The van der Waals surface area contributed by atoms with Gasteiger partial charge in [0.2, 0.25) is 5.88 Å². The Balaban J connectivity index is 1.45. The van der Waals surface area contributed by atoms with Gasteiger partial charge in [-0.15, -0.1) is 0 Å². The zero-order valence-corrected chi connectivity index (χ0v) is 18.5. The van der Waals surface area contributed by atoms with Gasteiger partial charge in [0.1, 0.15) is 5.56 Å². The largest absolute Gasteiger partial charge is 0.477 e. The summed E-state index contributed by atoms with van der Waals surface area (Å²) in [5.74, 6) is 0.986. The number of benzene rings is 1. The number of hydrogen-bond acceptors (Lipinski definition) is 8. The number of pyridine rings is 1.